The highest BCUT2D eigenvalue weighted by Gasteiger charge is 2.35. The van der Waals surface area contributed by atoms with Crippen LogP contribution < -0.4 is 0 Å². The lowest BCUT2D eigenvalue weighted by molar-refractivity contribution is -0.384. The highest BCUT2D eigenvalue weighted by atomic mass is 16.6. The van der Waals surface area contributed by atoms with Gasteiger partial charge < -0.3 is 14.6 Å². The van der Waals surface area contributed by atoms with Gasteiger partial charge >= 0.3 is 6.09 Å². The van der Waals surface area contributed by atoms with Gasteiger partial charge in [0.2, 0.25) is 0 Å². The van der Waals surface area contributed by atoms with E-state index < -0.39 is 5.60 Å². The van der Waals surface area contributed by atoms with Gasteiger partial charge in [0.05, 0.1) is 4.92 Å². The van der Waals surface area contributed by atoms with Crippen LogP contribution in [0.1, 0.15) is 58.4 Å². The Balaban J connectivity index is 1.79. The monoisotopic (exact) mass is 373 g/mol. The zero-order chi connectivity index (χ0) is 19.8. The Morgan fingerprint density at radius 3 is 2.74 bits per heavy atom. The largest absolute Gasteiger partial charge is 0.444 e. The van der Waals surface area contributed by atoms with Crippen molar-refractivity contribution in [3.8, 4) is 0 Å². The van der Waals surface area contributed by atoms with E-state index in [1.807, 2.05) is 38.8 Å². The smallest absolute Gasteiger partial charge is 0.410 e. The molecule has 1 amide bonds. The molecule has 0 radical (unpaired) electrons. The number of aromatic nitrogens is 1. The minimum absolute atomic E-state index is 0.0989. The first-order chi connectivity index (χ1) is 12.7. The molecule has 1 aromatic carbocycles. The van der Waals surface area contributed by atoms with E-state index >= 15 is 0 Å². The molecule has 1 aromatic heterocycles. The molecule has 2 unspecified atom stereocenters. The number of nitrogens with zero attached hydrogens (tertiary/aromatic N) is 2. The molecule has 1 saturated carbocycles. The number of aromatic amines is 1. The van der Waals surface area contributed by atoms with Gasteiger partial charge in [0.15, 0.2) is 0 Å². The van der Waals surface area contributed by atoms with Crippen molar-refractivity contribution < 1.29 is 14.5 Å². The molecule has 7 nitrogen and oxygen atoms in total. The summed E-state index contributed by atoms with van der Waals surface area (Å²) >= 11 is 0. The number of amides is 1. The molecule has 3 rings (SSSR count). The summed E-state index contributed by atoms with van der Waals surface area (Å²) < 4.78 is 5.55. The zero-order valence-corrected chi connectivity index (χ0v) is 16.3. The number of nitrogens with one attached hydrogen (secondary N) is 1. The van der Waals surface area contributed by atoms with Gasteiger partial charge in [-0.2, -0.15) is 0 Å². The number of H-pyrrole nitrogens is 1. The van der Waals surface area contributed by atoms with Crippen molar-refractivity contribution in [1.82, 2.24) is 9.88 Å². The van der Waals surface area contributed by atoms with Crippen molar-refractivity contribution in [3.63, 3.8) is 0 Å². The van der Waals surface area contributed by atoms with E-state index in [2.05, 4.69) is 4.98 Å². The Kier molecular flexibility index (Phi) is 5.13. The third kappa shape index (κ3) is 4.07. The first-order valence-corrected chi connectivity index (χ1v) is 9.44. The van der Waals surface area contributed by atoms with Gasteiger partial charge in [-0.1, -0.05) is 0 Å². The molecule has 146 valence electrons. The minimum Gasteiger partial charge on any atom is -0.444 e. The minimum atomic E-state index is -0.516. The molecule has 7 heteroatoms. The van der Waals surface area contributed by atoms with E-state index in [9.17, 15) is 14.9 Å². The lowest BCUT2D eigenvalue weighted by Crippen LogP contribution is -2.42. The third-order valence-corrected chi connectivity index (χ3v) is 5.16. The van der Waals surface area contributed by atoms with E-state index in [4.69, 9.17) is 4.74 Å². The van der Waals surface area contributed by atoms with E-state index in [0.29, 0.717) is 6.54 Å². The second kappa shape index (κ2) is 7.21. The quantitative estimate of drug-likeness (QED) is 0.605. The van der Waals surface area contributed by atoms with Crippen molar-refractivity contribution in [2.24, 2.45) is 0 Å². The molecule has 0 bridgehead atoms. The molecule has 27 heavy (non-hydrogen) atoms. The van der Waals surface area contributed by atoms with Gasteiger partial charge in [0, 0.05) is 41.8 Å². The molecule has 0 saturated heterocycles. The number of nitro benzene ring substituents is 1. The summed E-state index contributed by atoms with van der Waals surface area (Å²) in [5.74, 6) is 0.266. The lowest BCUT2D eigenvalue weighted by atomic mass is 9.96. The van der Waals surface area contributed by atoms with Crippen LogP contribution >= 0.6 is 0 Å². The van der Waals surface area contributed by atoms with Crippen LogP contribution in [0.15, 0.2) is 24.4 Å². The summed E-state index contributed by atoms with van der Waals surface area (Å²) in [6.45, 7) is 8.18. The van der Waals surface area contributed by atoms with Crippen LogP contribution in [0.2, 0.25) is 0 Å². The Labute approximate surface area is 158 Å². The number of hydrogen-bond acceptors (Lipinski definition) is 4. The summed E-state index contributed by atoms with van der Waals surface area (Å²) in [6, 6.07) is 5.03. The van der Waals surface area contributed by atoms with Crippen molar-refractivity contribution in [2.45, 2.75) is 64.5 Å². The molecule has 0 aliphatic heterocycles. The normalized spacial score (nSPS) is 20.0. The van der Waals surface area contributed by atoms with Crippen molar-refractivity contribution in [2.75, 3.05) is 6.54 Å². The molecule has 1 aliphatic rings. The molecule has 2 atom stereocenters. The van der Waals surface area contributed by atoms with Crippen molar-refractivity contribution in [1.29, 1.82) is 0 Å². The highest BCUT2D eigenvalue weighted by molar-refractivity contribution is 5.86. The lowest BCUT2D eigenvalue weighted by Gasteiger charge is -2.31. The number of carbonyl (C=O) groups excluding carboxylic acids is 1. The summed E-state index contributed by atoms with van der Waals surface area (Å²) in [5, 5.41) is 12.0. The molecule has 0 spiro atoms. The highest BCUT2D eigenvalue weighted by Crippen LogP contribution is 2.40. The molecule has 1 heterocycles. The van der Waals surface area contributed by atoms with Crippen LogP contribution in [0.5, 0.6) is 0 Å². The Bertz CT molecular complexity index is 853. The second-order valence-electron chi connectivity index (χ2n) is 8.16. The van der Waals surface area contributed by atoms with Gasteiger partial charge in [-0.15, -0.1) is 0 Å². The van der Waals surface area contributed by atoms with Crippen LogP contribution in [0, 0.1) is 10.1 Å². The number of non-ortho nitro benzene ring substituents is 1. The fourth-order valence-electron chi connectivity index (χ4n) is 3.96. The van der Waals surface area contributed by atoms with E-state index in [1.165, 1.54) is 6.07 Å². The van der Waals surface area contributed by atoms with Crippen LogP contribution in [-0.4, -0.2) is 39.1 Å². The molecule has 1 fully saturated rings. The average molecular weight is 373 g/mol. The van der Waals surface area contributed by atoms with Gasteiger partial charge in [-0.25, -0.2) is 4.79 Å². The molecule has 2 aromatic rings. The number of fused-ring (bicyclic) bond motifs is 1. The third-order valence-electron chi connectivity index (χ3n) is 5.16. The average Bonchev–Trinajstić information content (AvgIpc) is 3.19. The van der Waals surface area contributed by atoms with E-state index in [0.717, 1.165) is 35.7 Å². The predicted molar refractivity (Wildman–Crippen MR) is 104 cm³/mol. The van der Waals surface area contributed by atoms with Crippen molar-refractivity contribution in [3.05, 3.63) is 40.1 Å². The Hall–Kier alpha value is -2.57. The van der Waals surface area contributed by atoms with Crippen molar-refractivity contribution >= 4 is 22.7 Å². The fourth-order valence-corrected chi connectivity index (χ4v) is 3.96. The number of ether oxygens (including phenoxy) is 1. The topological polar surface area (TPSA) is 88.5 Å². The van der Waals surface area contributed by atoms with E-state index in [-0.39, 0.29) is 28.7 Å². The first-order valence-electron chi connectivity index (χ1n) is 9.44. The van der Waals surface area contributed by atoms with Crippen LogP contribution in [0.4, 0.5) is 10.5 Å². The van der Waals surface area contributed by atoms with Gasteiger partial charge in [-0.05, 0) is 64.5 Å². The zero-order valence-electron chi connectivity index (χ0n) is 16.3. The standard InChI is InChI=1S/C20H27N3O4/c1-5-22(19(24)27-20(2,3)4)14-7-6-13(10-14)17-12-21-18-9-8-15(23(25)26)11-16(17)18/h8-9,11-14,21H,5-7,10H2,1-4H3. The molecular weight excluding hydrogens is 346 g/mol. The number of carbonyl (C=O) groups is 1. The second-order valence-corrected chi connectivity index (χ2v) is 8.16. The molecule has 1 N–H and O–H groups in total. The summed E-state index contributed by atoms with van der Waals surface area (Å²) in [4.78, 5) is 28.3. The summed E-state index contributed by atoms with van der Waals surface area (Å²) in [6.07, 6.45) is 4.36. The number of nitro groups is 1. The van der Waals surface area contributed by atoms with Crippen LogP contribution in [0.25, 0.3) is 10.9 Å². The van der Waals surface area contributed by atoms with Gasteiger partial charge in [0.1, 0.15) is 5.60 Å². The fraction of sp³-hybridized carbons (Fsp3) is 0.550. The maximum Gasteiger partial charge on any atom is 0.410 e. The molecular formula is C20H27N3O4. The van der Waals surface area contributed by atoms with Crippen LogP contribution in [-0.2, 0) is 4.74 Å². The number of rotatable bonds is 4. The molecule has 1 aliphatic carbocycles. The first kappa shape index (κ1) is 19.2. The Morgan fingerprint density at radius 2 is 2.11 bits per heavy atom. The van der Waals surface area contributed by atoms with Gasteiger partial charge in [-0.3, -0.25) is 10.1 Å². The Morgan fingerprint density at radius 1 is 1.37 bits per heavy atom. The summed E-state index contributed by atoms with van der Waals surface area (Å²) in [7, 11) is 0. The van der Waals surface area contributed by atoms with E-state index in [1.54, 1.807) is 12.1 Å². The SMILES string of the molecule is CCN(C(=O)OC(C)(C)C)C1CCC(c2c[nH]c3ccc([N+](=O)[O-])cc23)C1. The van der Waals surface area contributed by atoms with Gasteiger partial charge in [0.25, 0.3) is 5.69 Å². The van der Waals surface area contributed by atoms with Crippen LogP contribution in [0.3, 0.4) is 0 Å². The maximum absolute atomic E-state index is 12.5. The summed E-state index contributed by atoms with van der Waals surface area (Å²) in [5.41, 5.74) is 1.58. The maximum atomic E-state index is 12.5. The number of hydrogen-bond donors (Lipinski definition) is 1. The predicted octanol–water partition coefficient (Wildman–Crippen LogP) is 4.97. The number of benzene rings is 1.